The summed E-state index contributed by atoms with van der Waals surface area (Å²) < 4.78 is 4.92. The standard InChI is InChI=1S/C22H19N3O4S/c26-18-10-16(21(28)25-7-5-13-3-1-2-4-14(13)11-25)9-17-19(18)30-22(23-17)24-20(27)15-6-8-29-12-15/h1-4,6,8,12,16H,5,7,9-11H2,(H,23,24,27). The summed E-state index contributed by atoms with van der Waals surface area (Å²) in [4.78, 5) is 44.8. The number of amides is 2. The Morgan fingerprint density at radius 2 is 2.00 bits per heavy atom. The van der Waals surface area contributed by atoms with Crippen LogP contribution < -0.4 is 5.32 Å². The fraction of sp³-hybridized carbons (Fsp3) is 0.273. The van der Waals surface area contributed by atoms with Gasteiger partial charge in [0, 0.05) is 25.9 Å². The molecule has 7 nitrogen and oxygen atoms in total. The molecular weight excluding hydrogens is 402 g/mol. The number of thiazole rings is 1. The van der Waals surface area contributed by atoms with E-state index in [4.69, 9.17) is 4.42 Å². The highest BCUT2D eigenvalue weighted by atomic mass is 32.1. The van der Waals surface area contributed by atoms with E-state index in [1.807, 2.05) is 23.1 Å². The number of rotatable bonds is 3. The smallest absolute Gasteiger partial charge is 0.260 e. The predicted molar refractivity (Wildman–Crippen MR) is 110 cm³/mol. The molecule has 2 amide bonds. The molecule has 1 aromatic carbocycles. The van der Waals surface area contributed by atoms with E-state index in [1.54, 1.807) is 6.07 Å². The lowest BCUT2D eigenvalue weighted by Crippen LogP contribution is -2.42. The molecular formula is C22H19N3O4S. The molecule has 152 valence electrons. The summed E-state index contributed by atoms with van der Waals surface area (Å²) in [5, 5.41) is 3.06. The van der Waals surface area contributed by atoms with E-state index in [2.05, 4.69) is 16.4 Å². The number of nitrogens with one attached hydrogen (secondary N) is 1. The Labute approximate surface area is 176 Å². The molecule has 1 N–H and O–H groups in total. The molecule has 0 saturated heterocycles. The van der Waals surface area contributed by atoms with Gasteiger partial charge in [0.2, 0.25) is 5.91 Å². The van der Waals surface area contributed by atoms with Gasteiger partial charge in [-0.05, 0) is 23.6 Å². The number of nitrogens with zero attached hydrogens (tertiary/aromatic N) is 2. The Morgan fingerprint density at radius 3 is 2.80 bits per heavy atom. The number of Topliss-reactive ketones (excluding diaryl/α,β-unsaturated/α-hetero) is 1. The summed E-state index contributed by atoms with van der Waals surface area (Å²) in [6.07, 6.45) is 4.19. The predicted octanol–water partition coefficient (Wildman–Crippen LogP) is 3.32. The molecule has 0 fully saturated rings. The molecule has 2 aliphatic rings. The zero-order chi connectivity index (χ0) is 20.7. The largest absolute Gasteiger partial charge is 0.472 e. The van der Waals surface area contributed by atoms with Crippen molar-refractivity contribution in [1.82, 2.24) is 9.88 Å². The highest BCUT2D eigenvalue weighted by molar-refractivity contribution is 7.17. The lowest BCUT2D eigenvalue weighted by atomic mass is 9.88. The molecule has 0 bridgehead atoms. The van der Waals surface area contributed by atoms with Gasteiger partial charge in [0.25, 0.3) is 5.91 Å². The third-order valence-corrected chi connectivity index (χ3v) is 6.67. The van der Waals surface area contributed by atoms with Crippen molar-refractivity contribution in [2.75, 3.05) is 11.9 Å². The fourth-order valence-electron chi connectivity index (χ4n) is 4.06. The Balaban J connectivity index is 1.30. The van der Waals surface area contributed by atoms with Gasteiger partial charge in [-0.15, -0.1) is 0 Å². The summed E-state index contributed by atoms with van der Waals surface area (Å²) in [7, 11) is 0. The van der Waals surface area contributed by atoms with E-state index in [0.29, 0.717) is 40.8 Å². The Bertz CT molecular complexity index is 1140. The topological polar surface area (TPSA) is 92.5 Å². The second-order valence-corrected chi connectivity index (χ2v) is 8.57. The maximum absolute atomic E-state index is 13.1. The molecule has 3 aromatic rings. The van der Waals surface area contributed by atoms with Gasteiger partial charge >= 0.3 is 0 Å². The van der Waals surface area contributed by atoms with Crippen LogP contribution in [-0.4, -0.2) is 34.0 Å². The monoisotopic (exact) mass is 421 g/mol. The van der Waals surface area contributed by atoms with E-state index in [1.165, 1.54) is 18.1 Å². The average molecular weight is 421 g/mol. The molecule has 2 aromatic heterocycles. The van der Waals surface area contributed by atoms with E-state index < -0.39 is 5.92 Å². The summed E-state index contributed by atoms with van der Waals surface area (Å²) in [5.41, 5.74) is 3.42. The molecule has 30 heavy (non-hydrogen) atoms. The van der Waals surface area contributed by atoms with Crippen LogP contribution >= 0.6 is 11.3 Å². The number of hydrogen-bond donors (Lipinski definition) is 1. The molecule has 8 heteroatoms. The summed E-state index contributed by atoms with van der Waals surface area (Å²) in [5.74, 6) is -0.842. The SMILES string of the molecule is O=C(Nc1nc2c(s1)C(=O)CC(C(=O)N1CCc3ccccc3C1)C2)c1ccoc1. The van der Waals surface area contributed by atoms with E-state index in [-0.39, 0.29) is 24.0 Å². The van der Waals surface area contributed by atoms with Crippen LogP contribution in [-0.2, 0) is 24.2 Å². The first-order chi connectivity index (χ1) is 14.6. The highest BCUT2D eigenvalue weighted by Crippen LogP contribution is 2.34. The lowest BCUT2D eigenvalue weighted by molar-refractivity contribution is -0.136. The third-order valence-electron chi connectivity index (χ3n) is 5.62. The van der Waals surface area contributed by atoms with Gasteiger partial charge in [0.1, 0.15) is 6.26 Å². The zero-order valence-electron chi connectivity index (χ0n) is 16.1. The van der Waals surface area contributed by atoms with Gasteiger partial charge in [-0.2, -0.15) is 0 Å². The van der Waals surface area contributed by atoms with Crippen molar-refractivity contribution in [3.05, 3.63) is 70.1 Å². The van der Waals surface area contributed by atoms with Crippen LogP contribution in [0.4, 0.5) is 5.13 Å². The minimum Gasteiger partial charge on any atom is -0.472 e. The van der Waals surface area contributed by atoms with Crippen LogP contribution in [0, 0.1) is 5.92 Å². The molecule has 1 unspecified atom stereocenters. The maximum atomic E-state index is 13.1. The van der Waals surface area contributed by atoms with Gasteiger partial charge in [0.05, 0.1) is 28.3 Å². The van der Waals surface area contributed by atoms with Crippen LogP contribution in [0.2, 0.25) is 0 Å². The van der Waals surface area contributed by atoms with Crippen LogP contribution in [0.5, 0.6) is 0 Å². The van der Waals surface area contributed by atoms with Crippen LogP contribution in [0.25, 0.3) is 0 Å². The molecule has 3 heterocycles. The van der Waals surface area contributed by atoms with Crippen molar-refractivity contribution in [1.29, 1.82) is 0 Å². The van der Waals surface area contributed by atoms with Gasteiger partial charge in [-0.1, -0.05) is 35.6 Å². The molecule has 0 saturated carbocycles. The first-order valence-electron chi connectivity index (χ1n) is 9.80. The molecule has 0 spiro atoms. The van der Waals surface area contributed by atoms with Crippen molar-refractivity contribution in [2.45, 2.75) is 25.8 Å². The Hall–Kier alpha value is -3.26. The highest BCUT2D eigenvalue weighted by Gasteiger charge is 2.36. The van der Waals surface area contributed by atoms with Crippen molar-refractivity contribution in [2.24, 2.45) is 5.92 Å². The maximum Gasteiger partial charge on any atom is 0.260 e. The number of ketones is 1. The van der Waals surface area contributed by atoms with E-state index in [9.17, 15) is 14.4 Å². The van der Waals surface area contributed by atoms with Crippen molar-refractivity contribution in [3.63, 3.8) is 0 Å². The number of anilines is 1. The summed E-state index contributed by atoms with van der Waals surface area (Å²) in [6, 6.07) is 9.71. The van der Waals surface area contributed by atoms with E-state index in [0.717, 1.165) is 23.3 Å². The second kappa shape index (κ2) is 7.53. The number of benzene rings is 1. The van der Waals surface area contributed by atoms with Crippen molar-refractivity contribution >= 4 is 34.1 Å². The molecule has 1 aliphatic carbocycles. The van der Waals surface area contributed by atoms with Crippen LogP contribution in [0.3, 0.4) is 0 Å². The molecule has 1 aliphatic heterocycles. The number of aromatic nitrogens is 1. The van der Waals surface area contributed by atoms with Crippen LogP contribution in [0.1, 0.15) is 43.3 Å². The fourth-order valence-corrected chi connectivity index (χ4v) is 5.00. The normalized spacial score (nSPS) is 17.9. The summed E-state index contributed by atoms with van der Waals surface area (Å²) >= 11 is 1.16. The minimum absolute atomic E-state index is 0.000450. The van der Waals surface area contributed by atoms with Gasteiger partial charge in [-0.3, -0.25) is 19.7 Å². The van der Waals surface area contributed by atoms with Crippen molar-refractivity contribution in [3.8, 4) is 0 Å². The first kappa shape index (κ1) is 18.7. The minimum atomic E-state index is -0.408. The molecule has 5 rings (SSSR count). The lowest BCUT2D eigenvalue weighted by Gasteiger charge is -2.32. The second-order valence-electron chi connectivity index (χ2n) is 7.57. The van der Waals surface area contributed by atoms with E-state index >= 15 is 0 Å². The first-order valence-corrected chi connectivity index (χ1v) is 10.6. The van der Waals surface area contributed by atoms with Crippen molar-refractivity contribution < 1.29 is 18.8 Å². The average Bonchev–Trinajstić information content (AvgIpc) is 3.43. The number of hydrogen-bond acceptors (Lipinski definition) is 6. The quantitative estimate of drug-likeness (QED) is 0.700. The molecule has 1 atom stereocenters. The number of carbonyl (C=O) groups excluding carboxylic acids is 3. The third kappa shape index (κ3) is 3.43. The zero-order valence-corrected chi connectivity index (χ0v) is 16.9. The summed E-state index contributed by atoms with van der Waals surface area (Å²) in [6.45, 7) is 1.24. The van der Waals surface area contributed by atoms with Gasteiger partial charge < -0.3 is 9.32 Å². The number of carbonyl (C=O) groups is 3. The number of furan rings is 1. The number of fused-ring (bicyclic) bond motifs is 2. The van der Waals surface area contributed by atoms with Gasteiger partial charge in [0.15, 0.2) is 10.9 Å². The Kier molecular flexibility index (Phi) is 4.71. The molecule has 0 radical (unpaired) electrons. The van der Waals surface area contributed by atoms with Gasteiger partial charge in [-0.25, -0.2) is 4.98 Å². The Morgan fingerprint density at radius 1 is 1.17 bits per heavy atom. The van der Waals surface area contributed by atoms with Crippen LogP contribution in [0.15, 0.2) is 47.3 Å².